The van der Waals surface area contributed by atoms with Crippen molar-refractivity contribution >= 4 is 33.8 Å². The standard InChI is InChI=1S/C20H25F2N7O10P2/c1-8-12(21)10(37-18(8)28-3-2-11(30)27-20(28)31)5-36-41(33,34)39-15-13(22)9(4-35-40-32)38-19(15)29-7-26-14-16(23)24-6-25-17(14)29/h2-3,6-10,12-13,15,18-19,32,40H,4-5H2,1H3,(H,33,34)(H2,23,24,25)(H,27,30,31)/t8-,9-,10-,12+,13-,15-,18-,19-/m1/s1. The number of nitrogens with one attached hydrogen (secondary N) is 1. The minimum atomic E-state index is -5.11. The van der Waals surface area contributed by atoms with Crippen molar-refractivity contribution < 1.29 is 46.2 Å². The van der Waals surface area contributed by atoms with E-state index >= 15 is 8.78 Å². The molecule has 5 N–H and O–H groups in total. The highest BCUT2D eigenvalue weighted by Crippen LogP contribution is 2.51. The molecule has 2 unspecified atom stereocenters. The summed E-state index contributed by atoms with van der Waals surface area (Å²) in [5.74, 6) is -0.890. The number of anilines is 1. The number of ether oxygens (including phenoxy) is 2. The highest BCUT2D eigenvalue weighted by molar-refractivity contribution is 7.47. The molecule has 0 aliphatic carbocycles. The molecular formula is C20H25F2N7O10P2. The molecule has 10 atom stereocenters. The van der Waals surface area contributed by atoms with Gasteiger partial charge in [-0.2, -0.15) is 0 Å². The first kappa shape index (κ1) is 29.8. The van der Waals surface area contributed by atoms with Crippen molar-refractivity contribution in [1.29, 1.82) is 0 Å². The lowest BCUT2D eigenvalue weighted by Gasteiger charge is -2.24. The number of halogens is 2. The number of phosphoric ester groups is 1. The third-order valence-corrected chi connectivity index (χ3v) is 7.92. The van der Waals surface area contributed by atoms with Crippen molar-refractivity contribution in [2.45, 2.75) is 50.0 Å². The SMILES string of the molecule is C[C@@H]1[C@H](F)[C@@H](COP(=O)(O)O[C@@H]2[C@H](F)[C@@H](COPO)O[C@H]2n2cnc3c(N)ncnc32)O[C@H]1n1ccc(=O)[nH]c1=O. The molecule has 5 rings (SSSR count). The van der Waals surface area contributed by atoms with E-state index in [0.29, 0.717) is 0 Å². The van der Waals surface area contributed by atoms with E-state index in [1.165, 1.54) is 17.8 Å². The Bertz CT molecular complexity index is 1560. The van der Waals surface area contributed by atoms with E-state index in [1.54, 1.807) is 0 Å². The number of hydrogen-bond acceptors (Lipinski definition) is 13. The lowest BCUT2D eigenvalue weighted by molar-refractivity contribution is -0.0559. The summed E-state index contributed by atoms with van der Waals surface area (Å²) < 4.78 is 71.9. The van der Waals surface area contributed by atoms with Gasteiger partial charge in [0.25, 0.3) is 5.56 Å². The molecule has 5 heterocycles. The zero-order chi connectivity index (χ0) is 29.5. The normalized spacial score (nSPS) is 31.8. The number of hydrogen-bond donors (Lipinski definition) is 4. The number of rotatable bonds is 10. The molecule has 41 heavy (non-hydrogen) atoms. The summed E-state index contributed by atoms with van der Waals surface area (Å²) in [7, 11) is -6.08. The van der Waals surface area contributed by atoms with E-state index in [4.69, 9.17) is 33.7 Å². The van der Waals surface area contributed by atoms with Crippen LogP contribution in [0.3, 0.4) is 0 Å². The molecule has 17 nitrogen and oxygen atoms in total. The van der Waals surface area contributed by atoms with E-state index in [-0.39, 0.29) is 17.0 Å². The van der Waals surface area contributed by atoms with Gasteiger partial charge >= 0.3 is 13.5 Å². The number of aromatic nitrogens is 6. The number of H-pyrrole nitrogens is 1. The summed E-state index contributed by atoms with van der Waals surface area (Å²) in [6, 6.07) is 1.06. The third-order valence-electron chi connectivity index (χ3n) is 6.64. The van der Waals surface area contributed by atoms with Crippen molar-refractivity contribution in [2.24, 2.45) is 5.92 Å². The first-order valence-electron chi connectivity index (χ1n) is 12.0. The number of alkyl halides is 2. The minimum Gasteiger partial charge on any atom is -0.382 e. The second kappa shape index (κ2) is 11.9. The van der Waals surface area contributed by atoms with Crippen LogP contribution in [0.4, 0.5) is 14.6 Å². The molecule has 2 aliphatic heterocycles. The van der Waals surface area contributed by atoms with Gasteiger partial charge in [-0.15, -0.1) is 0 Å². The predicted molar refractivity (Wildman–Crippen MR) is 135 cm³/mol. The summed E-state index contributed by atoms with van der Waals surface area (Å²) in [4.78, 5) is 56.9. The molecule has 0 bridgehead atoms. The Morgan fingerprint density at radius 2 is 1.88 bits per heavy atom. The van der Waals surface area contributed by atoms with Crippen LogP contribution in [0.2, 0.25) is 0 Å². The highest BCUT2D eigenvalue weighted by Gasteiger charge is 2.51. The van der Waals surface area contributed by atoms with E-state index in [2.05, 4.69) is 15.0 Å². The van der Waals surface area contributed by atoms with E-state index in [1.807, 2.05) is 4.98 Å². The Morgan fingerprint density at radius 3 is 2.61 bits per heavy atom. The molecule has 0 amide bonds. The van der Waals surface area contributed by atoms with Gasteiger partial charge in [-0.05, 0) is 0 Å². The molecule has 0 saturated carbocycles. The Morgan fingerprint density at radius 1 is 1.15 bits per heavy atom. The second-order valence-corrected chi connectivity index (χ2v) is 11.1. The number of nitrogens with two attached hydrogens (primary N) is 1. The van der Waals surface area contributed by atoms with Crippen LogP contribution in [0.5, 0.6) is 0 Å². The van der Waals surface area contributed by atoms with Crippen LogP contribution < -0.4 is 17.0 Å². The molecule has 3 aromatic heterocycles. The van der Waals surface area contributed by atoms with Crippen LogP contribution in [0.1, 0.15) is 19.4 Å². The molecular weight excluding hydrogens is 598 g/mol. The van der Waals surface area contributed by atoms with Crippen molar-refractivity contribution in [1.82, 2.24) is 29.1 Å². The van der Waals surface area contributed by atoms with Gasteiger partial charge in [0.15, 0.2) is 32.9 Å². The van der Waals surface area contributed by atoms with Gasteiger partial charge in [0.05, 0.1) is 19.5 Å². The first-order chi connectivity index (χ1) is 19.5. The quantitative estimate of drug-likeness (QED) is 0.220. The Hall–Kier alpha value is -2.73. The summed E-state index contributed by atoms with van der Waals surface area (Å²) in [6.45, 7) is 0.214. The number of phosphoric acid groups is 1. The molecule has 21 heteroatoms. The van der Waals surface area contributed by atoms with E-state index < -0.39 is 90.3 Å². The van der Waals surface area contributed by atoms with Crippen molar-refractivity contribution in [3.8, 4) is 0 Å². The van der Waals surface area contributed by atoms with Crippen LogP contribution in [-0.4, -0.2) is 82.7 Å². The first-order valence-corrected chi connectivity index (χ1v) is 14.4. The fraction of sp³-hybridized carbons (Fsp3) is 0.550. The molecule has 2 aliphatic rings. The number of nitrogens with zero attached hydrogens (tertiary/aromatic N) is 5. The maximum atomic E-state index is 15.5. The Balaban J connectivity index is 1.32. The van der Waals surface area contributed by atoms with Gasteiger partial charge in [0, 0.05) is 18.2 Å². The largest absolute Gasteiger partial charge is 0.472 e. The average Bonchev–Trinajstić information content (AvgIpc) is 3.57. The number of imidazole rings is 1. The third kappa shape index (κ3) is 5.95. The molecule has 0 radical (unpaired) electrons. The molecule has 224 valence electrons. The van der Waals surface area contributed by atoms with Crippen molar-refractivity contribution in [3.05, 3.63) is 45.8 Å². The number of nitrogen functional groups attached to an aromatic ring is 1. The van der Waals surface area contributed by atoms with Crippen molar-refractivity contribution in [3.63, 3.8) is 0 Å². The lowest BCUT2D eigenvalue weighted by atomic mass is 10.0. The minimum absolute atomic E-state index is 0.0209. The molecule has 0 aromatic carbocycles. The van der Waals surface area contributed by atoms with Gasteiger partial charge in [-0.3, -0.25) is 28.0 Å². The van der Waals surface area contributed by atoms with Crippen LogP contribution in [0, 0.1) is 5.92 Å². The number of aromatic amines is 1. The smallest absolute Gasteiger partial charge is 0.382 e. The maximum absolute atomic E-state index is 15.5. The van der Waals surface area contributed by atoms with Crippen LogP contribution in [0.25, 0.3) is 11.2 Å². The van der Waals surface area contributed by atoms with Gasteiger partial charge in [-0.25, -0.2) is 33.1 Å². The van der Waals surface area contributed by atoms with E-state index in [0.717, 1.165) is 23.2 Å². The molecule has 2 fully saturated rings. The summed E-state index contributed by atoms with van der Waals surface area (Å²) in [5.41, 5.74) is 4.58. The van der Waals surface area contributed by atoms with Gasteiger partial charge in [0.1, 0.15) is 42.6 Å². The van der Waals surface area contributed by atoms with Crippen LogP contribution in [0.15, 0.2) is 34.5 Å². The van der Waals surface area contributed by atoms with Crippen LogP contribution >= 0.6 is 16.9 Å². The fourth-order valence-electron chi connectivity index (χ4n) is 4.64. The molecule has 3 aromatic rings. The second-order valence-electron chi connectivity index (χ2n) is 9.22. The monoisotopic (exact) mass is 623 g/mol. The summed E-state index contributed by atoms with van der Waals surface area (Å²) in [5, 5.41) is 0. The zero-order valence-electron chi connectivity index (χ0n) is 21.0. The Labute approximate surface area is 230 Å². The topological polar surface area (TPSA) is 228 Å². The average molecular weight is 623 g/mol. The van der Waals surface area contributed by atoms with Crippen LogP contribution in [-0.2, 0) is 27.6 Å². The summed E-state index contributed by atoms with van der Waals surface area (Å²) >= 11 is 0. The Kier molecular flexibility index (Phi) is 8.61. The van der Waals surface area contributed by atoms with Crippen molar-refractivity contribution in [2.75, 3.05) is 18.9 Å². The molecule has 0 spiro atoms. The lowest BCUT2D eigenvalue weighted by Crippen LogP contribution is -2.33. The van der Waals surface area contributed by atoms with Gasteiger partial charge < -0.3 is 29.5 Å². The van der Waals surface area contributed by atoms with E-state index in [9.17, 15) is 19.0 Å². The number of fused-ring (bicyclic) bond motifs is 1. The predicted octanol–water partition coefficient (Wildman–Crippen LogP) is 0.0854. The molecule has 2 saturated heterocycles. The summed E-state index contributed by atoms with van der Waals surface area (Å²) in [6.07, 6.45) is -7.47. The maximum Gasteiger partial charge on any atom is 0.472 e. The highest BCUT2D eigenvalue weighted by atomic mass is 31.2. The van der Waals surface area contributed by atoms with Gasteiger partial charge in [-0.1, -0.05) is 6.92 Å². The van der Waals surface area contributed by atoms with Gasteiger partial charge in [0.2, 0.25) is 0 Å². The zero-order valence-corrected chi connectivity index (χ0v) is 22.9. The fourth-order valence-corrected chi connectivity index (χ4v) is 5.81.